The van der Waals surface area contributed by atoms with Gasteiger partial charge in [0.15, 0.2) is 0 Å². The maximum atomic E-state index is 5.87. The molecule has 0 saturated heterocycles. The molecule has 84 valence electrons. The smallest absolute Gasteiger partial charge is 0.0625 e. The number of halogens is 1. The summed E-state index contributed by atoms with van der Waals surface area (Å²) in [6, 6.07) is 7.86. The van der Waals surface area contributed by atoms with Gasteiger partial charge in [0.25, 0.3) is 0 Å². The minimum Gasteiger partial charge on any atom is -0.380 e. The van der Waals surface area contributed by atoms with E-state index >= 15 is 0 Å². The largest absolute Gasteiger partial charge is 0.380 e. The predicted octanol–water partition coefficient (Wildman–Crippen LogP) is 2.80. The molecule has 0 amide bonds. The standard InChI is InChI=1S/C11H16ClNOS/c1-2-14-7-10(13)8-15-11-5-3-4-9(12)6-11/h3-6,10H,2,7-8,13H2,1H3. The van der Waals surface area contributed by atoms with Crippen molar-refractivity contribution < 1.29 is 4.74 Å². The molecular formula is C11H16ClNOS. The first-order chi connectivity index (χ1) is 7.22. The average Bonchev–Trinajstić information content (AvgIpc) is 2.23. The van der Waals surface area contributed by atoms with Gasteiger partial charge in [-0.05, 0) is 25.1 Å². The van der Waals surface area contributed by atoms with Crippen LogP contribution < -0.4 is 5.73 Å². The molecule has 1 unspecified atom stereocenters. The quantitative estimate of drug-likeness (QED) is 0.783. The SMILES string of the molecule is CCOCC(N)CSc1cccc(Cl)c1. The number of nitrogens with two attached hydrogens (primary N) is 1. The highest BCUT2D eigenvalue weighted by atomic mass is 35.5. The topological polar surface area (TPSA) is 35.2 Å². The lowest BCUT2D eigenvalue weighted by atomic mass is 10.4. The third-order valence-electron chi connectivity index (χ3n) is 1.80. The molecule has 0 radical (unpaired) electrons. The predicted molar refractivity (Wildman–Crippen MR) is 66.6 cm³/mol. The van der Waals surface area contributed by atoms with Crippen LogP contribution in [0.25, 0.3) is 0 Å². The summed E-state index contributed by atoms with van der Waals surface area (Å²) in [5, 5.41) is 0.762. The molecule has 0 saturated carbocycles. The third kappa shape index (κ3) is 5.42. The fourth-order valence-electron chi connectivity index (χ4n) is 1.08. The molecule has 1 rings (SSSR count). The van der Waals surface area contributed by atoms with E-state index in [4.69, 9.17) is 22.1 Å². The fraction of sp³-hybridized carbons (Fsp3) is 0.455. The molecule has 0 heterocycles. The summed E-state index contributed by atoms with van der Waals surface area (Å²) in [4.78, 5) is 1.15. The van der Waals surface area contributed by atoms with Crippen LogP contribution in [0.4, 0.5) is 0 Å². The molecule has 1 atom stereocenters. The second-order valence-electron chi connectivity index (χ2n) is 3.19. The van der Waals surface area contributed by atoms with Gasteiger partial charge in [0.1, 0.15) is 0 Å². The summed E-state index contributed by atoms with van der Waals surface area (Å²) >= 11 is 7.58. The Morgan fingerprint density at radius 2 is 2.33 bits per heavy atom. The number of ether oxygens (including phenoxy) is 1. The molecule has 15 heavy (non-hydrogen) atoms. The number of hydrogen-bond acceptors (Lipinski definition) is 3. The zero-order valence-electron chi connectivity index (χ0n) is 8.78. The third-order valence-corrected chi connectivity index (χ3v) is 3.21. The van der Waals surface area contributed by atoms with Gasteiger partial charge in [0, 0.05) is 28.3 Å². The van der Waals surface area contributed by atoms with Crippen LogP contribution in [0.15, 0.2) is 29.2 Å². The van der Waals surface area contributed by atoms with Crippen LogP contribution in [-0.2, 0) is 4.74 Å². The summed E-state index contributed by atoms with van der Waals surface area (Å²) in [6.07, 6.45) is 0. The van der Waals surface area contributed by atoms with Crippen molar-refractivity contribution in [3.8, 4) is 0 Å². The maximum Gasteiger partial charge on any atom is 0.0625 e. The van der Waals surface area contributed by atoms with Crippen molar-refractivity contribution >= 4 is 23.4 Å². The zero-order valence-corrected chi connectivity index (χ0v) is 10.4. The number of thioether (sulfide) groups is 1. The van der Waals surface area contributed by atoms with Crippen LogP contribution in [-0.4, -0.2) is 25.0 Å². The lowest BCUT2D eigenvalue weighted by Gasteiger charge is -2.10. The van der Waals surface area contributed by atoms with Crippen molar-refractivity contribution in [2.75, 3.05) is 19.0 Å². The summed E-state index contributed by atoms with van der Waals surface area (Å²) in [6.45, 7) is 3.30. The van der Waals surface area contributed by atoms with E-state index in [1.165, 1.54) is 0 Å². The number of rotatable bonds is 6. The first-order valence-corrected chi connectivity index (χ1v) is 6.30. The van der Waals surface area contributed by atoms with Crippen LogP contribution in [0.5, 0.6) is 0 Å². The van der Waals surface area contributed by atoms with Crippen molar-refractivity contribution in [3.63, 3.8) is 0 Å². The first-order valence-electron chi connectivity index (χ1n) is 4.94. The number of hydrogen-bond donors (Lipinski definition) is 1. The van der Waals surface area contributed by atoms with Gasteiger partial charge in [0.2, 0.25) is 0 Å². The molecule has 0 bridgehead atoms. The van der Waals surface area contributed by atoms with E-state index in [0.717, 1.165) is 22.3 Å². The van der Waals surface area contributed by atoms with Gasteiger partial charge in [-0.1, -0.05) is 17.7 Å². The average molecular weight is 246 g/mol. The molecule has 0 aliphatic heterocycles. The highest BCUT2D eigenvalue weighted by Crippen LogP contribution is 2.21. The Labute approximate surface area is 100 Å². The maximum absolute atomic E-state index is 5.87. The monoisotopic (exact) mass is 245 g/mol. The number of benzene rings is 1. The van der Waals surface area contributed by atoms with E-state index < -0.39 is 0 Å². The van der Waals surface area contributed by atoms with Gasteiger partial charge < -0.3 is 10.5 Å². The van der Waals surface area contributed by atoms with Gasteiger partial charge in [-0.3, -0.25) is 0 Å². The van der Waals surface area contributed by atoms with E-state index in [2.05, 4.69) is 0 Å². The van der Waals surface area contributed by atoms with Crippen LogP contribution in [0.3, 0.4) is 0 Å². The van der Waals surface area contributed by atoms with E-state index in [1.807, 2.05) is 31.2 Å². The Morgan fingerprint density at radius 3 is 3.00 bits per heavy atom. The summed E-state index contributed by atoms with van der Waals surface area (Å²) < 4.78 is 5.24. The van der Waals surface area contributed by atoms with E-state index in [1.54, 1.807) is 11.8 Å². The van der Waals surface area contributed by atoms with Gasteiger partial charge in [-0.25, -0.2) is 0 Å². The Morgan fingerprint density at radius 1 is 1.53 bits per heavy atom. The van der Waals surface area contributed by atoms with Crippen molar-refractivity contribution in [1.82, 2.24) is 0 Å². The molecule has 1 aromatic carbocycles. The van der Waals surface area contributed by atoms with Crippen molar-refractivity contribution in [1.29, 1.82) is 0 Å². The second kappa shape index (κ2) is 7.12. The van der Waals surface area contributed by atoms with Crippen molar-refractivity contribution in [3.05, 3.63) is 29.3 Å². The molecule has 2 N–H and O–H groups in total. The lowest BCUT2D eigenvalue weighted by Crippen LogP contribution is -2.28. The summed E-state index contributed by atoms with van der Waals surface area (Å²) in [5.41, 5.74) is 5.87. The molecule has 0 spiro atoms. The Balaban J connectivity index is 2.30. The Bertz CT molecular complexity index is 296. The molecule has 2 nitrogen and oxygen atoms in total. The fourth-order valence-corrected chi connectivity index (χ4v) is 2.22. The molecular weight excluding hydrogens is 230 g/mol. The summed E-state index contributed by atoms with van der Waals surface area (Å²) in [7, 11) is 0. The van der Waals surface area contributed by atoms with Crippen LogP contribution in [0, 0.1) is 0 Å². The van der Waals surface area contributed by atoms with Crippen molar-refractivity contribution in [2.45, 2.75) is 17.9 Å². The highest BCUT2D eigenvalue weighted by molar-refractivity contribution is 7.99. The molecule has 0 aliphatic carbocycles. The van der Waals surface area contributed by atoms with Crippen LogP contribution in [0.2, 0.25) is 5.02 Å². The second-order valence-corrected chi connectivity index (χ2v) is 4.72. The Kier molecular flexibility index (Phi) is 6.10. The van der Waals surface area contributed by atoms with E-state index in [0.29, 0.717) is 6.61 Å². The first kappa shape index (κ1) is 12.8. The van der Waals surface area contributed by atoms with Gasteiger partial charge in [-0.15, -0.1) is 11.8 Å². The minimum atomic E-state index is 0.0777. The van der Waals surface area contributed by atoms with Crippen molar-refractivity contribution in [2.24, 2.45) is 5.73 Å². The van der Waals surface area contributed by atoms with Crippen LogP contribution in [0.1, 0.15) is 6.92 Å². The molecule has 0 aromatic heterocycles. The highest BCUT2D eigenvalue weighted by Gasteiger charge is 2.03. The lowest BCUT2D eigenvalue weighted by molar-refractivity contribution is 0.138. The van der Waals surface area contributed by atoms with Gasteiger partial charge in [-0.2, -0.15) is 0 Å². The summed E-state index contributed by atoms with van der Waals surface area (Å²) in [5.74, 6) is 0.848. The minimum absolute atomic E-state index is 0.0777. The van der Waals surface area contributed by atoms with Gasteiger partial charge >= 0.3 is 0 Å². The zero-order chi connectivity index (χ0) is 11.1. The van der Waals surface area contributed by atoms with Gasteiger partial charge in [0.05, 0.1) is 6.61 Å². The molecule has 1 aromatic rings. The normalized spacial score (nSPS) is 12.7. The van der Waals surface area contributed by atoms with Crippen LogP contribution >= 0.6 is 23.4 Å². The van der Waals surface area contributed by atoms with E-state index in [-0.39, 0.29) is 6.04 Å². The molecule has 4 heteroatoms. The molecule has 0 aliphatic rings. The van der Waals surface area contributed by atoms with E-state index in [9.17, 15) is 0 Å². The molecule has 0 fully saturated rings. The Hall–Kier alpha value is -0.220.